The number of benzene rings is 2. The lowest BCUT2D eigenvalue weighted by Crippen LogP contribution is -2.32. The van der Waals surface area contributed by atoms with Crippen molar-refractivity contribution >= 4 is 11.0 Å². The Morgan fingerprint density at radius 1 is 1.25 bits per heavy atom. The molecule has 0 spiro atoms. The van der Waals surface area contributed by atoms with Gasteiger partial charge in [-0.25, -0.2) is 9.37 Å². The van der Waals surface area contributed by atoms with Gasteiger partial charge in [0.25, 0.3) is 0 Å². The van der Waals surface area contributed by atoms with Gasteiger partial charge in [0.2, 0.25) is 0 Å². The van der Waals surface area contributed by atoms with Gasteiger partial charge in [0.05, 0.1) is 30.8 Å². The minimum Gasteiger partial charge on any atom is -0.493 e. The van der Waals surface area contributed by atoms with Gasteiger partial charge in [-0.15, -0.1) is 0 Å². The van der Waals surface area contributed by atoms with Crippen molar-refractivity contribution in [1.29, 1.82) is 0 Å². The van der Waals surface area contributed by atoms with Crippen molar-refractivity contribution in [2.45, 2.75) is 12.6 Å². The quantitative estimate of drug-likeness (QED) is 0.693. The van der Waals surface area contributed by atoms with Crippen molar-refractivity contribution in [3.8, 4) is 5.75 Å². The number of likely N-dealkylation sites (tertiary alicyclic amines) is 1. The lowest BCUT2D eigenvalue weighted by atomic mass is 9.85. The van der Waals surface area contributed by atoms with E-state index < -0.39 is 0 Å². The summed E-state index contributed by atoms with van der Waals surface area (Å²) in [6.45, 7) is 2.90. The van der Waals surface area contributed by atoms with Gasteiger partial charge in [-0.3, -0.25) is 4.90 Å². The Hall–Kier alpha value is -2.44. The van der Waals surface area contributed by atoms with Gasteiger partial charge in [-0.05, 0) is 30.3 Å². The Morgan fingerprint density at radius 3 is 2.93 bits per heavy atom. The number of para-hydroxylation sites is 2. The fourth-order valence-electron chi connectivity index (χ4n) is 4.87. The second-order valence-corrected chi connectivity index (χ2v) is 7.82. The topological polar surface area (TPSA) is 39.5 Å². The Kier molecular flexibility index (Phi) is 4.33. The molecule has 1 aromatic heterocycles. The third-order valence-electron chi connectivity index (χ3n) is 6.20. The molecule has 146 valence electrons. The van der Waals surface area contributed by atoms with Crippen LogP contribution in [0, 0.1) is 17.7 Å². The van der Waals surface area contributed by atoms with Gasteiger partial charge >= 0.3 is 0 Å². The van der Waals surface area contributed by atoms with Crippen LogP contribution in [-0.2, 0) is 18.3 Å². The number of rotatable bonds is 4. The summed E-state index contributed by atoms with van der Waals surface area (Å²) in [5.74, 6) is 2.21. The molecule has 5 nitrogen and oxygen atoms in total. The van der Waals surface area contributed by atoms with Crippen molar-refractivity contribution in [1.82, 2.24) is 14.5 Å². The van der Waals surface area contributed by atoms with Gasteiger partial charge in [0, 0.05) is 44.1 Å². The molecule has 0 saturated carbocycles. The summed E-state index contributed by atoms with van der Waals surface area (Å²) >= 11 is 0. The summed E-state index contributed by atoms with van der Waals surface area (Å²) in [6.07, 6.45) is 0. The zero-order chi connectivity index (χ0) is 19.3. The predicted octanol–water partition coefficient (Wildman–Crippen LogP) is 3.54. The van der Waals surface area contributed by atoms with Crippen LogP contribution in [0.3, 0.4) is 0 Å². The molecule has 2 aromatic carbocycles. The van der Waals surface area contributed by atoms with Crippen LogP contribution in [0.5, 0.6) is 5.75 Å². The average molecular weight is 381 g/mol. The lowest BCUT2D eigenvalue weighted by molar-refractivity contribution is 0.0978. The van der Waals surface area contributed by atoms with Gasteiger partial charge < -0.3 is 14.0 Å². The Morgan fingerprint density at radius 2 is 2.11 bits per heavy atom. The van der Waals surface area contributed by atoms with E-state index in [9.17, 15) is 4.39 Å². The molecule has 0 bridgehead atoms. The summed E-state index contributed by atoms with van der Waals surface area (Å²) in [5.41, 5.74) is 3.07. The van der Waals surface area contributed by atoms with Crippen LogP contribution in [0.1, 0.15) is 17.4 Å². The van der Waals surface area contributed by atoms with E-state index in [0.29, 0.717) is 25.7 Å². The normalized spacial score (nSPS) is 24.2. The van der Waals surface area contributed by atoms with E-state index in [1.54, 1.807) is 19.2 Å². The van der Waals surface area contributed by atoms with E-state index >= 15 is 0 Å². The number of imidazole rings is 1. The number of ether oxygens (including phenoxy) is 2. The van der Waals surface area contributed by atoms with E-state index in [1.807, 2.05) is 18.2 Å². The SMILES string of the molecule is COC[C@@H]1CN(Cc2nc3ccccc3n2C)[C@H]2c3cc(F)ccc3OC[C@@H]12. The maximum absolute atomic E-state index is 14.0. The summed E-state index contributed by atoms with van der Waals surface area (Å²) < 4.78 is 27.6. The number of aromatic nitrogens is 2. The number of fused-ring (bicyclic) bond motifs is 4. The van der Waals surface area contributed by atoms with Crippen LogP contribution in [-0.4, -0.2) is 41.3 Å². The molecule has 0 aliphatic carbocycles. The fourth-order valence-corrected chi connectivity index (χ4v) is 4.87. The Balaban J connectivity index is 1.53. The second-order valence-electron chi connectivity index (χ2n) is 7.82. The van der Waals surface area contributed by atoms with Gasteiger partial charge in [0.15, 0.2) is 0 Å². The van der Waals surface area contributed by atoms with Crippen LogP contribution in [0.2, 0.25) is 0 Å². The molecule has 2 aliphatic rings. The first kappa shape index (κ1) is 17.6. The van der Waals surface area contributed by atoms with Crippen LogP contribution in [0.25, 0.3) is 11.0 Å². The fraction of sp³-hybridized carbons (Fsp3) is 0.409. The maximum Gasteiger partial charge on any atom is 0.124 e. The summed E-state index contributed by atoms with van der Waals surface area (Å²) in [7, 11) is 3.79. The molecule has 6 heteroatoms. The van der Waals surface area contributed by atoms with Crippen LogP contribution in [0.15, 0.2) is 42.5 Å². The molecule has 28 heavy (non-hydrogen) atoms. The molecule has 3 aromatic rings. The van der Waals surface area contributed by atoms with E-state index in [2.05, 4.69) is 22.6 Å². The predicted molar refractivity (Wildman–Crippen MR) is 105 cm³/mol. The smallest absolute Gasteiger partial charge is 0.124 e. The number of hydrogen-bond acceptors (Lipinski definition) is 4. The minimum atomic E-state index is -0.221. The summed E-state index contributed by atoms with van der Waals surface area (Å²) in [4.78, 5) is 7.26. The summed E-state index contributed by atoms with van der Waals surface area (Å²) in [5, 5.41) is 0. The highest BCUT2D eigenvalue weighted by atomic mass is 19.1. The highest BCUT2D eigenvalue weighted by Gasteiger charge is 2.46. The first-order chi connectivity index (χ1) is 13.7. The molecule has 3 heterocycles. The minimum absolute atomic E-state index is 0.111. The molecule has 1 fully saturated rings. The summed E-state index contributed by atoms with van der Waals surface area (Å²) in [6, 6.07) is 13.1. The molecule has 3 atom stereocenters. The van der Waals surface area contributed by atoms with E-state index in [0.717, 1.165) is 34.7 Å². The van der Waals surface area contributed by atoms with E-state index in [-0.39, 0.29) is 17.8 Å². The standard InChI is InChI=1S/C22H24FN3O2/c1-25-19-6-4-3-5-18(19)24-21(25)11-26-10-14(12-27-2)17-13-28-20-8-7-15(23)9-16(20)22(17)26/h3-9,14,17,22H,10-13H2,1-2H3/t14-,17-,22-/m0/s1. The first-order valence-electron chi connectivity index (χ1n) is 9.71. The highest BCUT2D eigenvalue weighted by molar-refractivity contribution is 5.75. The number of hydrogen-bond donors (Lipinski definition) is 0. The van der Waals surface area contributed by atoms with E-state index in [1.165, 1.54) is 6.07 Å². The average Bonchev–Trinajstić information content (AvgIpc) is 3.21. The van der Waals surface area contributed by atoms with Gasteiger partial charge in [-0.1, -0.05) is 12.1 Å². The maximum atomic E-state index is 14.0. The van der Waals surface area contributed by atoms with Crippen molar-refractivity contribution < 1.29 is 13.9 Å². The largest absolute Gasteiger partial charge is 0.493 e. The monoisotopic (exact) mass is 381 g/mol. The third kappa shape index (κ3) is 2.79. The second kappa shape index (κ2) is 6.87. The van der Waals surface area contributed by atoms with Gasteiger partial charge in [-0.2, -0.15) is 0 Å². The van der Waals surface area contributed by atoms with Gasteiger partial charge in [0.1, 0.15) is 17.4 Å². The molecule has 5 rings (SSSR count). The molecule has 0 N–H and O–H groups in total. The van der Waals surface area contributed by atoms with E-state index in [4.69, 9.17) is 14.5 Å². The lowest BCUT2D eigenvalue weighted by Gasteiger charge is -2.34. The third-order valence-corrected chi connectivity index (χ3v) is 6.20. The van der Waals surface area contributed by atoms with Crippen molar-refractivity contribution in [2.75, 3.05) is 26.9 Å². The number of halogens is 1. The Bertz CT molecular complexity index is 1020. The van der Waals surface area contributed by atoms with Crippen LogP contribution >= 0.6 is 0 Å². The highest BCUT2D eigenvalue weighted by Crippen LogP contribution is 2.48. The molecule has 0 unspecified atom stereocenters. The zero-order valence-electron chi connectivity index (χ0n) is 16.1. The molecule has 2 aliphatic heterocycles. The molecule has 0 radical (unpaired) electrons. The number of nitrogens with zero attached hydrogens (tertiary/aromatic N) is 3. The van der Waals surface area contributed by atoms with Crippen LogP contribution in [0.4, 0.5) is 4.39 Å². The number of aryl methyl sites for hydroxylation is 1. The van der Waals surface area contributed by atoms with Crippen LogP contribution < -0.4 is 4.74 Å². The number of methoxy groups -OCH3 is 1. The van der Waals surface area contributed by atoms with Crippen molar-refractivity contribution in [3.63, 3.8) is 0 Å². The van der Waals surface area contributed by atoms with Crippen molar-refractivity contribution in [3.05, 3.63) is 59.7 Å². The first-order valence-corrected chi connectivity index (χ1v) is 9.71. The molecular formula is C22H24FN3O2. The molecular weight excluding hydrogens is 357 g/mol. The van der Waals surface area contributed by atoms with Crippen molar-refractivity contribution in [2.24, 2.45) is 18.9 Å². The molecule has 1 saturated heterocycles. The Labute approximate surface area is 163 Å². The zero-order valence-corrected chi connectivity index (χ0v) is 16.1. The molecule has 0 amide bonds.